The first-order valence-electron chi connectivity index (χ1n) is 4.20. The molecular formula is C8H14FN. The molecule has 0 aromatic heterocycles. The summed E-state index contributed by atoms with van der Waals surface area (Å²) in [7, 11) is 0. The van der Waals surface area contributed by atoms with Crippen molar-refractivity contribution in [3.63, 3.8) is 0 Å². The van der Waals surface area contributed by atoms with Gasteiger partial charge in [-0.2, -0.15) is 0 Å². The third-order valence-electron chi connectivity index (χ3n) is 2.98. The van der Waals surface area contributed by atoms with Gasteiger partial charge in [0.15, 0.2) is 0 Å². The molecule has 0 amide bonds. The van der Waals surface area contributed by atoms with Gasteiger partial charge in [-0.05, 0) is 38.6 Å². The molecule has 1 N–H and O–H groups in total. The first-order valence-corrected chi connectivity index (χ1v) is 4.20. The summed E-state index contributed by atoms with van der Waals surface area (Å²) in [4.78, 5) is 0. The summed E-state index contributed by atoms with van der Waals surface area (Å²) in [6.07, 6.45) is 4.47. The highest BCUT2D eigenvalue weighted by Gasteiger charge is 2.39. The van der Waals surface area contributed by atoms with E-state index in [-0.39, 0.29) is 0 Å². The number of alkyl halides is 1. The number of hydrogen-bond acceptors (Lipinski definition) is 1. The maximum Gasteiger partial charge on any atom is 0.100 e. The van der Waals surface area contributed by atoms with Crippen LogP contribution in [0.5, 0.6) is 0 Å². The molecule has 2 fully saturated rings. The molecule has 2 rings (SSSR count). The minimum absolute atomic E-state index is 0.391. The molecule has 0 atom stereocenters. The predicted octanol–water partition coefficient (Wildman–Crippen LogP) is 1.63. The van der Waals surface area contributed by atoms with Crippen LogP contribution in [0.3, 0.4) is 0 Å². The van der Waals surface area contributed by atoms with Gasteiger partial charge in [0.05, 0.1) is 0 Å². The van der Waals surface area contributed by atoms with Crippen LogP contribution < -0.4 is 5.32 Å². The Hall–Kier alpha value is -0.110. The van der Waals surface area contributed by atoms with Gasteiger partial charge in [0, 0.05) is 5.54 Å². The smallest absolute Gasteiger partial charge is 0.100 e. The lowest BCUT2D eigenvalue weighted by atomic mass is 9.74. The summed E-state index contributed by atoms with van der Waals surface area (Å²) in [5.74, 6) is 0. The zero-order valence-electron chi connectivity index (χ0n) is 6.20. The maximum absolute atomic E-state index is 12.7. The summed E-state index contributed by atoms with van der Waals surface area (Å²) < 4.78 is 12.7. The molecule has 2 aliphatic rings. The maximum atomic E-state index is 12.7. The molecule has 2 heteroatoms. The normalized spacial score (nSPS) is 47.1. The molecule has 10 heavy (non-hydrogen) atoms. The first-order chi connectivity index (χ1) is 4.81. The van der Waals surface area contributed by atoms with E-state index in [0.717, 1.165) is 32.2 Å². The van der Waals surface area contributed by atoms with E-state index >= 15 is 0 Å². The second-order valence-corrected chi connectivity index (χ2v) is 3.63. The quantitative estimate of drug-likeness (QED) is 0.543. The fourth-order valence-electron chi connectivity index (χ4n) is 2.04. The van der Waals surface area contributed by atoms with E-state index in [1.807, 2.05) is 0 Å². The third-order valence-corrected chi connectivity index (χ3v) is 2.98. The summed E-state index contributed by atoms with van der Waals surface area (Å²) in [6.45, 7) is 1.15. The molecule has 1 nitrogen and oxygen atoms in total. The van der Waals surface area contributed by atoms with Crippen LogP contribution in [-0.2, 0) is 0 Å². The van der Waals surface area contributed by atoms with Gasteiger partial charge >= 0.3 is 0 Å². The van der Waals surface area contributed by atoms with Crippen molar-refractivity contribution >= 4 is 0 Å². The summed E-state index contributed by atoms with van der Waals surface area (Å²) in [5.41, 5.74) is 0.391. The predicted molar refractivity (Wildman–Crippen MR) is 38.7 cm³/mol. The van der Waals surface area contributed by atoms with Crippen LogP contribution in [0.15, 0.2) is 0 Å². The van der Waals surface area contributed by atoms with Gasteiger partial charge in [-0.1, -0.05) is 0 Å². The van der Waals surface area contributed by atoms with Crippen molar-refractivity contribution in [2.75, 3.05) is 6.54 Å². The van der Waals surface area contributed by atoms with Crippen LogP contribution in [0, 0.1) is 0 Å². The zero-order chi connectivity index (χ0) is 7.03. The Morgan fingerprint density at radius 2 is 1.80 bits per heavy atom. The zero-order valence-corrected chi connectivity index (χ0v) is 6.20. The molecule has 0 bridgehead atoms. The Kier molecular flexibility index (Phi) is 1.44. The number of halogens is 1. The van der Waals surface area contributed by atoms with Crippen molar-refractivity contribution in [1.82, 2.24) is 5.32 Å². The molecule has 1 heterocycles. The monoisotopic (exact) mass is 143 g/mol. The molecule has 0 radical (unpaired) electrons. The van der Waals surface area contributed by atoms with Gasteiger partial charge in [-0.3, -0.25) is 0 Å². The van der Waals surface area contributed by atoms with Crippen LogP contribution >= 0.6 is 0 Å². The topological polar surface area (TPSA) is 12.0 Å². The van der Waals surface area contributed by atoms with E-state index in [0.29, 0.717) is 5.54 Å². The lowest BCUT2D eigenvalue weighted by Gasteiger charge is -2.46. The number of nitrogens with one attached hydrogen (secondary N) is 1. The van der Waals surface area contributed by atoms with Crippen molar-refractivity contribution in [2.24, 2.45) is 0 Å². The van der Waals surface area contributed by atoms with Crippen LogP contribution in [0.2, 0.25) is 0 Å². The first kappa shape index (κ1) is 6.59. The Labute approximate surface area is 61.0 Å². The summed E-state index contributed by atoms with van der Waals surface area (Å²) >= 11 is 0. The molecule has 1 saturated heterocycles. The van der Waals surface area contributed by atoms with Crippen LogP contribution in [0.1, 0.15) is 32.1 Å². The lowest BCUT2D eigenvalue weighted by Crippen LogP contribution is -2.58. The largest absolute Gasteiger partial charge is 0.311 e. The highest BCUT2D eigenvalue weighted by Crippen LogP contribution is 2.36. The molecule has 1 aliphatic heterocycles. The second-order valence-electron chi connectivity index (χ2n) is 3.63. The standard InChI is InChI=1S/C8H14FN/c9-7-1-3-8(4-2-7)5-6-10-8/h7,10H,1-6H2. The average Bonchev–Trinajstić information content (AvgIpc) is 1.86. The highest BCUT2D eigenvalue weighted by molar-refractivity contribution is 4.99. The van der Waals surface area contributed by atoms with Crippen LogP contribution in [-0.4, -0.2) is 18.3 Å². The van der Waals surface area contributed by atoms with Crippen LogP contribution in [0.4, 0.5) is 4.39 Å². The number of rotatable bonds is 0. The molecule has 1 aliphatic carbocycles. The lowest BCUT2D eigenvalue weighted by molar-refractivity contribution is 0.0987. The fourth-order valence-corrected chi connectivity index (χ4v) is 2.04. The SMILES string of the molecule is FC1CCC2(CCN2)CC1. The molecular weight excluding hydrogens is 129 g/mol. The Morgan fingerprint density at radius 1 is 1.20 bits per heavy atom. The minimum atomic E-state index is -0.506. The van der Waals surface area contributed by atoms with E-state index in [9.17, 15) is 4.39 Å². The van der Waals surface area contributed by atoms with E-state index in [2.05, 4.69) is 5.32 Å². The van der Waals surface area contributed by atoms with Crippen molar-refractivity contribution in [3.8, 4) is 0 Å². The summed E-state index contributed by atoms with van der Waals surface area (Å²) in [5, 5.41) is 3.41. The Balaban J connectivity index is 1.90. The van der Waals surface area contributed by atoms with E-state index in [1.54, 1.807) is 0 Å². The van der Waals surface area contributed by atoms with E-state index in [4.69, 9.17) is 0 Å². The van der Waals surface area contributed by atoms with Gasteiger partial charge < -0.3 is 5.32 Å². The van der Waals surface area contributed by atoms with Gasteiger partial charge in [0.25, 0.3) is 0 Å². The van der Waals surface area contributed by atoms with E-state index in [1.165, 1.54) is 6.42 Å². The van der Waals surface area contributed by atoms with Gasteiger partial charge in [-0.15, -0.1) is 0 Å². The Bertz CT molecular complexity index is 121. The third kappa shape index (κ3) is 0.947. The van der Waals surface area contributed by atoms with E-state index < -0.39 is 6.17 Å². The second kappa shape index (κ2) is 2.19. The van der Waals surface area contributed by atoms with Gasteiger partial charge in [-0.25, -0.2) is 4.39 Å². The minimum Gasteiger partial charge on any atom is -0.311 e. The molecule has 1 saturated carbocycles. The molecule has 58 valence electrons. The van der Waals surface area contributed by atoms with Crippen molar-refractivity contribution < 1.29 is 4.39 Å². The molecule has 0 unspecified atom stereocenters. The fraction of sp³-hybridized carbons (Fsp3) is 1.00. The van der Waals surface area contributed by atoms with Crippen molar-refractivity contribution in [1.29, 1.82) is 0 Å². The molecule has 0 aromatic carbocycles. The average molecular weight is 143 g/mol. The van der Waals surface area contributed by atoms with Crippen molar-refractivity contribution in [3.05, 3.63) is 0 Å². The van der Waals surface area contributed by atoms with Crippen LogP contribution in [0.25, 0.3) is 0 Å². The van der Waals surface area contributed by atoms with Gasteiger partial charge in [0.2, 0.25) is 0 Å². The molecule has 1 spiro atoms. The van der Waals surface area contributed by atoms with Crippen molar-refractivity contribution in [2.45, 2.75) is 43.8 Å². The Morgan fingerprint density at radius 3 is 2.20 bits per heavy atom. The number of hydrogen-bond donors (Lipinski definition) is 1. The highest BCUT2D eigenvalue weighted by atomic mass is 19.1. The van der Waals surface area contributed by atoms with Gasteiger partial charge in [0.1, 0.15) is 6.17 Å². The molecule has 0 aromatic rings. The summed E-state index contributed by atoms with van der Waals surface area (Å²) in [6, 6.07) is 0.